The molecule has 178 valence electrons. The van der Waals surface area contributed by atoms with Gasteiger partial charge in [0.05, 0.1) is 17.5 Å². The third-order valence-corrected chi connectivity index (χ3v) is 6.17. The molecule has 34 heavy (non-hydrogen) atoms. The third kappa shape index (κ3) is 6.20. The van der Waals surface area contributed by atoms with Gasteiger partial charge in [-0.1, -0.05) is 25.1 Å². The number of hydrogen-bond acceptors (Lipinski definition) is 3. The molecule has 2 amide bonds. The Balaban J connectivity index is 1.68. The largest absolute Gasteiger partial charge is 0.326 e. The zero-order chi connectivity index (χ0) is 24.9. The van der Waals surface area contributed by atoms with E-state index in [9.17, 15) is 22.8 Å². The molecule has 0 radical (unpaired) electrons. The zero-order valence-electron chi connectivity index (χ0n) is 19.0. The van der Waals surface area contributed by atoms with E-state index in [0.29, 0.717) is 6.07 Å². The molecule has 8 heteroatoms. The lowest BCUT2D eigenvalue weighted by Crippen LogP contribution is -2.35. The van der Waals surface area contributed by atoms with Crippen molar-refractivity contribution in [2.24, 2.45) is 0 Å². The Morgan fingerprint density at radius 3 is 2.21 bits per heavy atom. The second-order valence-corrected chi connectivity index (χ2v) is 9.54. The second-order valence-electron chi connectivity index (χ2n) is 8.20. The maximum absolute atomic E-state index is 14.9. The van der Waals surface area contributed by atoms with Crippen LogP contribution in [0, 0.1) is 17.5 Å². The molecule has 0 aromatic heterocycles. The predicted octanol–water partition coefficient (Wildman–Crippen LogP) is 6.31. The number of benzene rings is 3. The molecule has 2 N–H and O–H groups in total. The maximum atomic E-state index is 14.9. The van der Waals surface area contributed by atoms with Crippen LogP contribution in [0.1, 0.15) is 31.9 Å². The van der Waals surface area contributed by atoms with Crippen molar-refractivity contribution in [2.45, 2.75) is 37.5 Å². The lowest BCUT2D eigenvalue weighted by Gasteiger charge is -2.25. The van der Waals surface area contributed by atoms with Crippen LogP contribution in [-0.2, 0) is 21.4 Å². The van der Waals surface area contributed by atoms with Gasteiger partial charge in [-0.25, -0.2) is 13.2 Å². The number of hydrogen-bond donors (Lipinski definition) is 2. The molecule has 0 fully saturated rings. The lowest BCUT2D eigenvalue weighted by atomic mass is 9.83. The molecule has 0 spiro atoms. The van der Waals surface area contributed by atoms with Gasteiger partial charge in [-0.2, -0.15) is 0 Å². The third-order valence-electron chi connectivity index (χ3n) is 5.27. The Kier molecular flexibility index (Phi) is 8.04. The summed E-state index contributed by atoms with van der Waals surface area (Å²) in [5.74, 6) is -2.40. The first-order valence-electron chi connectivity index (χ1n) is 10.7. The highest BCUT2D eigenvalue weighted by atomic mass is 32.2. The number of anilines is 2. The number of carbonyl (C=O) groups excluding carboxylic acids is 2. The van der Waals surface area contributed by atoms with Crippen molar-refractivity contribution in [3.05, 3.63) is 89.2 Å². The summed E-state index contributed by atoms with van der Waals surface area (Å²) in [4.78, 5) is 26.3. The summed E-state index contributed by atoms with van der Waals surface area (Å²) >= 11 is 1.71. The topological polar surface area (TPSA) is 58.2 Å². The van der Waals surface area contributed by atoms with Crippen LogP contribution in [0.5, 0.6) is 0 Å². The van der Waals surface area contributed by atoms with Gasteiger partial charge in [0.15, 0.2) is 0 Å². The molecule has 3 rings (SSSR count). The summed E-state index contributed by atoms with van der Waals surface area (Å²) < 4.78 is 41.9. The normalized spacial score (nSPS) is 11.2. The van der Waals surface area contributed by atoms with Crippen molar-refractivity contribution >= 4 is 35.0 Å². The molecule has 3 aromatic carbocycles. The Hall–Kier alpha value is -3.26. The number of thioether (sulfide) groups is 1. The van der Waals surface area contributed by atoms with E-state index in [1.807, 2.05) is 24.3 Å². The molecule has 4 nitrogen and oxygen atoms in total. The first-order valence-corrected chi connectivity index (χ1v) is 11.7. The number of rotatable bonds is 8. The number of halogens is 3. The average molecular weight is 487 g/mol. The fraction of sp³-hybridized carbons (Fsp3) is 0.231. The molecule has 0 heterocycles. The van der Waals surface area contributed by atoms with Crippen molar-refractivity contribution in [3.8, 4) is 0 Å². The standard InChI is InChI=1S/C26H25F3N2O2S/c1-4-34-19-9-5-16(6-10-19)13-24(32)30-18-8-11-20(21(28)15-18)26(2,3)25(33)31-23-12-7-17(27)14-22(23)29/h5-12,14-15H,4,13H2,1-3H3,(H,30,32)(H,31,33). The molecule has 0 aliphatic rings. The van der Waals surface area contributed by atoms with E-state index in [1.54, 1.807) is 11.8 Å². The molecule has 0 atom stereocenters. The number of nitrogens with one attached hydrogen (secondary N) is 2. The lowest BCUT2D eigenvalue weighted by molar-refractivity contribution is -0.120. The van der Waals surface area contributed by atoms with Gasteiger partial charge in [-0.3, -0.25) is 9.59 Å². The first-order chi connectivity index (χ1) is 16.1. The minimum Gasteiger partial charge on any atom is -0.326 e. The van der Waals surface area contributed by atoms with Gasteiger partial charge >= 0.3 is 0 Å². The van der Waals surface area contributed by atoms with Gasteiger partial charge in [-0.15, -0.1) is 11.8 Å². The molecule has 0 unspecified atom stereocenters. The van der Waals surface area contributed by atoms with Crippen molar-refractivity contribution in [1.82, 2.24) is 0 Å². The highest BCUT2D eigenvalue weighted by molar-refractivity contribution is 7.99. The molecule has 0 bridgehead atoms. The van der Waals surface area contributed by atoms with Crippen molar-refractivity contribution in [2.75, 3.05) is 16.4 Å². The van der Waals surface area contributed by atoms with Crippen molar-refractivity contribution < 1.29 is 22.8 Å². The molecule has 0 aliphatic carbocycles. The van der Waals surface area contributed by atoms with Crippen molar-refractivity contribution in [3.63, 3.8) is 0 Å². The predicted molar refractivity (Wildman–Crippen MR) is 130 cm³/mol. The molecule has 0 aliphatic heterocycles. The summed E-state index contributed by atoms with van der Waals surface area (Å²) in [6, 6.07) is 14.5. The van der Waals surface area contributed by atoms with Gasteiger partial charge in [0.25, 0.3) is 0 Å². The van der Waals surface area contributed by atoms with E-state index in [1.165, 1.54) is 26.0 Å². The van der Waals surface area contributed by atoms with Crippen LogP contribution >= 0.6 is 11.8 Å². The van der Waals surface area contributed by atoms with Gasteiger partial charge in [0.1, 0.15) is 17.5 Å². The van der Waals surface area contributed by atoms with Crippen molar-refractivity contribution in [1.29, 1.82) is 0 Å². The maximum Gasteiger partial charge on any atom is 0.234 e. The Bertz CT molecular complexity index is 1200. The second kappa shape index (κ2) is 10.8. The van der Waals surface area contributed by atoms with Crippen LogP contribution in [0.4, 0.5) is 24.5 Å². The number of amides is 2. The highest BCUT2D eigenvalue weighted by Gasteiger charge is 2.33. The average Bonchev–Trinajstić information content (AvgIpc) is 2.77. The van der Waals surface area contributed by atoms with Crippen LogP contribution in [-0.4, -0.2) is 17.6 Å². The SMILES string of the molecule is CCSc1ccc(CC(=O)Nc2ccc(C(C)(C)C(=O)Nc3ccc(F)cc3F)c(F)c2)cc1. The first kappa shape index (κ1) is 25.4. The van der Waals surface area contributed by atoms with Gasteiger partial charge < -0.3 is 10.6 Å². The van der Waals surface area contributed by atoms with E-state index < -0.39 is 28.8 Å². The Morgan fingerprint density at radius 1 is 0.882 bits per heavy atom. The van der Waals surface area contributed by atoms with Crippen LogP contribution in [0.3, 0.4) is 0 Å². The summed E-state index contributed by atoms with van der Waals surface area (Å²) in [6.45, 7) is 5.04. The van der Waals surface area contributed by atoms with Crippen LogP contribution in [0.15, 0.2) is 65.6 Å². The fourth-order valence-corrected chi connectivity index (χ4v) is 4.01. The number of carbonyl (C=O) groups is 2. The van der Waals surface area contributed by atoms with E-state index in [0.717, 1.165) is 34.4 Å². The highest BCUT2D eigenvalue weighted by Crippen LogP contribution is 2.30. The monoisotopic (exact) mass is 486 g/mol. The van der Waals surface area contributed by atoms with Crippen LogP contribution in [0.2, 0.25) is 0 Å². The Labute approximate surface area is 201 Å². The smallest absolute Gasteiger partial charge is 0.234 e. The molecule has 3 aromatic rings. The molecular formula is C26H25F3N2O2S. The van der Waals surface area contributed by atoms with Gasteiger partial charge in [0.2, 0.25) is 11.8 Å². The molecular weight excluding hydrogens is 461 g/mol. The summed E-state index contributed by atoms with van der Waals surface area (Å²) in [7, 11) is 0. The quantitative estimate of drug-likeness (QED) is 0.367. The summed E-state index contributed by atoms with van der Waals surface area (Å²) in [6.07, 6.45) is 0.136. The van der Waals surface area contributed by atoms with Crippen LogP contribution in [0.25, 0.3) is 0 Å². The molecule has 0 saturated carbocycles. The van der Waals surface area contributed by atoms with Gasteiger partial charge in [-0.05, 0) is 61.6 Å². The van der Waals surface area contributed by atoms with Gasteiger partial charge in [0, 0.05) is 22.2 Å². The van der Waals surface area contributed by atoms with E-state index in [2.05, 4.69) is 17.6 Å². The minimum absolute atomic E-state index is 0.0644. The molecule has 0 saturated heterocycles. The fourth-order valence-electron chi connectivity index (χ4n) is 3.35. The Morgan fingerprint density at radius 2 is 1.59 bits per heavy atom. The van der Waals surface area contributed by atoms with E-state index in [-0.39, 0.29) is 29.3 Å². The van der Waals surface area contributed by atoms with E-state index in [4.69, 9.17) is 0 Å². The minimum atomic E-state index is -1.37. The summed E-state index contributed by atoms with van der Waals surface area (Å²) in [5, 5.41) is 5.03. The van der Waals surface area contributed by atoms with E-state index >= 15 is 0 Å². The van der Waals surface area contributed by atoms with Crippen LogP contribution < -0.4 is 10.6 Å². The summed E-state index contributed by atoms with van der Waals surface area (Å²) in [5.41, 5.74) is -0.420. The zero-order valence-corrected chi connectivity index (χ0v) is 19.9.